The summed E-state index contributed by atoms with van der Waals surface area (Å²) in [5.74, 6) is -1.82. The highest BCUT2D eigenvalue weighted by Crippen LogP contribution is 2.39. The van der Waals surface area contributed by atoms with Gasteiger partial charge in [-0.2, -0.15) is 13.2 Å². The summed E-state index contributed by atoms with van der Waals surface area (Å²) in [7, 11) is 0. The molecule has 0 saturated carbocycles. The molecule has 1 rings (SSSR count). The standard InChI is InChI=1S/C11H10F4O2/c12-10(7-9(16)17,11(13,14)15)6-8-4-2-1-3-5-8/h1-5H,6-7H2,(H,16,17). The first-order valence-electron chi connectivity index (χ1n) is 4.76. The summed E-state index contributed by atoms with van der Waals surface area (Å²) in [5, 5.41) is 8.35. The molecule has 1 unspecified atom stereocenters. The maximum absolute atomic E-state index is 13.7. The van der Waals surface area contributed by atoms with Crippen molar-refractivity contribution in [3.63, 3.8) is 0 Å². The molecular formula is C11H10F4O2. The predicted molar refractivity (Wildman–Crippen MR) is 52.3 cm³/mol. The van der Waals surface area contributed by atoms with Gasteiger partial charge in [-0.3, -0.25) is 4.79 Å². The molecule has 17 heavy (non-hydrogen) atoms. The van der Waals surface area contributed by atoms with Crippen molar-refractivity contribution in [2.75, 3.05) is 0 Å². The second-order valence-corrected chi connectivity index (χ2v) is 3.70. The third-order valence-corrected chi connectivity index (χ3v) is 2.27. The first kappa shape index (κ1) is 13.5. The Morgan fingerprint density at radius 1 is 1.12 bits per heavy atom. The van der Waals surface area contributed by atoms with E-state index in [2.05, 4.69) is 0 Å². The van der Waals surface area contributed by atoms with Crippen molar-refractivity contribution >= 4 is 5.97 Å². The number of carboxylic acids is 1. The van der Waals surface area contributed by atoms with Gasteiger partial charge < -0.3 is 5.11 Å². The average molecular weight is 250 g/mol. The highest BCUT2D eigenvalue weighted by molar-refractivity contribution is 5.68. The van der Waals surface area contributed by atoms with Crippen LogP contribution in [0.25, 0.3) is 0 Å². The SMILES string of the molecule is O=C(O)CC(F)(Cc1ccccc1)C(F)(F)F. The summed E-state index contributed by atoms with van der Waals surface area (Å²) in [6.45, 7) is 0. The van der Waals surface area contributed by atoms with Crippen LogP contribution in [0.15, 0.2) is 30.3 Å². The molecule has 0 fully saturated rings. The molecule has 0 radical (unpaired) electrons. The minimum absolute atomic E-state index is 0.105. The number of hydrogen-bond acceptors (Lipinski definition) is 1. The molecule has 94 valence electrons. The van der Waals surface area contributed by atoms with Crippen molar-refractivity contribution in [3.8, 4) is 0 Å². The summed E-state index contributed by atoms with van der Waals surface area (Å²) in [6.07, 6.45) is -7.80. The Morgan fingerprint density at radius 3 is 2.06 bits per heavy atom. The van der Waals surface area contributed by atoms with Gasteiger partial charge >= 0.3 is 12.1 Å². The summed E-state index contributed by atoms with van der Waals surface area (Å²) in [6, 6.07) is 7.15. The number of carboxylic acid groups (broad SMARTS) is 1. The number of benzene rings is 1. The van der Waals surface area contributed by atoms with Crippen LogP contribution in [0.5, 0.6) is 0 Å². The summed E-state index contributed by atoms with van der Waals surface area (Å²) < 4.78 is 51.3. The minimum atomic E-state index is -5.21. The zero-order valence-electron chi connectivity index (χ0n) is 8.67. The van der Waals surface area contributed by atoms with E-state index >= 15 is 0 Å². The lowest BCUT2D eigenvalue weighted by atomic mass is 9.92. The van der Waals surface area contributed by atoms with Gasteiger partial charge in [0.2, 0.25) is 5.67 Å². The molecule has 1 atom stereocenters. The van der Waals surface area contributed by atoms with Gasteiger partial charge in [0.1, 0.15) is 0 Å². The summed E-state index contributed by atoms with van der Waals surface area (Å²) >= 11 is 0. The second-order valence-electron chi connectivity index (χ2n) is 3.70. The van der Waals surface area contributed by atoms with Crippen molar-refractivity contribution in [3.05, 3.63) is 35.9 Å². The van der Waals surface area contributed by atoms with Crippen molar-refractivity contribution in [1.29, 1.82) is 0 Å². The van der Waals surface area contributed by atoms with Crippen LogP contribution in [0.2, 0.25) is 0 Å². The molecule has 0 heterocycles. The molecule has 2 nitrogen and oxygen atoms in total. The molecule has 1 aromatic rings. The van der Waals surface area contributed by atoms with Crippen LogP contribution < -0.4 is 0 Å². The maximum Gasteiger partial charge on any atom is 0.423 e. The van der Waals surface area contributed by atoms with Crippen molar-refractivity contribution in [2.45, 2.75) is 24.7 Å². The second kappa shape index (κ2) is 4.73. The predicted octanol–water partition coefficient (Wildman–Crippen LogP) is 2.97. The number of aliphatic carboxylic acids is 1. The van der Waals surface area contributed by atoms with Gasteiger partial charge in [0.15, 0.2) is 0 Å². The van der Waals surface area contributed by atoms with Crippen LogP contribution in [0.1, 0.15) is 12.0 Å². The Kier molecular flexibility index (Phi) is 3.75. The number of hydrogen-bond donors (Lipinski definition) is 1. The third kappa shape index (κ3) is 3.44. The highest BCUT2D eigenvalue weighted by Gasteiger charge is 2.56. The number of halogens is 4. The molecule has 1 aromatic carbocycles. The van der Waals surface area contributed by atoms with Gasteiger partial charge in [-0.05, 0) is 5.56 Å². The van der Waals surface area contributed by atoms with E-state index in [9.17, 15) is 22.4 Å². The molecular weight excluding hydrogens is 240 g/mol. The highest BCUT2D eigenvalue weighted by atomic mass is 19.4. The Balaban J connectivity index is 2.96. The lowest BCUT2D eigenvalue weighted by Gasteiger charge is -2.26. The van der Waals surface area contributed by atoms with Crippen LogP contribution >= 0.6 is 0 Å². The molecule has 0 aliphatic carbocycles. The van der Waals surface area contributed by atoms with Gasteiger partial charge in [-0.25, -0.2) is 4.39 Å². The van der Waals surface area contributed by atoms with E-state index < -0.39 is 30.7 Å². The van der Waals surface area contributed by atoms with E-state index in [0.29, 0.717) is 0 Å². The zero-order chi connectivity index (χ0) is 13.1. The largest absolute Gasteiger partial charge is 0.481 e. The van der Waals surface area contributed by atoms with Crippen LogP contribution in [-0.4, -0.2) is 22.9 Å². The molecule has 1 N–H and O–H groups in total. The molecule has 0 aliphatic rings. The Labute approximate surface area is 94.9 Å². The van der Waals surface area contributed by atoms with E-state index in [1.807, 2.05) is 0 Å². The Hall–Kier alpha value is -1.59. The number of carbonyl (C=O) groups is 1. The van der Waals surface area contributed by atoms with E-state index in [1.54, 1.807) is 6.07 Å². The number of alkyl halides is 4. The van der Waals surface area contributed by atoms with E-state index in [-0.39, 0.29) is 5.56 Å². The first-order valence-corrected chi connectivity index (χ1v) is 4.76. The molecule has 0 amide bonds. The smallest absolute Gasteiger partial charge is 0.423 e. The maximum atomic E-state index is 13.7. The van der Waals surface area contributed by atoms with Crippen LogP contribution in [0, 0.1) is 0 Å². The average Bonchev–Trinajstić information content (AvgIpc) is 2.15. The third-order valence-electron chi connectivity index (χ3n) is 2.27. The van der Waals surface area contributed by atoms with Crippen LogP contribution in [0.3, 0.4) is 0 Å². The van der Waals surface area contributed by atoms with Crippen molar-refractivity contribution in [1.82, 2.24) is 0 Å². The Bertz CT molecular complexity index is 388. The van der Waals surface area contributed by atoms with Gasteiger partial charge in [-0.15, -0.1) is 0 Å². The Morgan fingerprint density at radius 2 is 1.65 bits per heavy atom. The molecule has 0 bridgehead atoms. The monoisotopic (exact) mass is 250 g/mol. The fraction of sp³-hybridized carbons (Fsp3) is 0.364. The normalized spacial score (nSPS) is 15.3. The fourth-order valence-electron chi connectivity index (χ4n) is 1.42. The topological polar surface area (TPSA) is 37.3 Å². The fourth-order valence-corrected chi connectivity index (χ4v) is 1.42. The van der Waals surface area contributed by atoms with Crippen LogP contribution in [-0.2, 0) is 11.2 Å². The lowest BCUT2D eigenvalue weighted by Crippen LogP contribution is -2.44. The molecule has 0 aromatic heterocycles. The first-order chi connectivity index (χ1) is 7.74. The molecule has 0 aliphatic heterocycles. The van der Waals surface area contributed by atoms with Gasteiger partial charge in [0.25, 0.3) is 0 Å². The van der Waals surface area contributed by atoms with Gasteiger partial charge in [0.05, 0.1) is 6.42 Å². The molecule has 6 heteroatoms. The number of rotatable bonds is 4. The molecule has 0 saturated heterocycles. The van der Waals surface area contributed by atoms with E-state index in [1.165, 1.54) is 24.3 Å². The molecule has 0 spiro atoms. The van der Waals surface area contributed by atoms with Crippen molar-refractivity contribution in [2.24, 2.45) is 0 Å². The van der Waals surface area contributed by atoms with Gasteiger partial charge in [-0.1, -0.05) is 30.3 Å². The minimum Gasteiger partial charge on any atom is -0.481 e. The van der Waals surface area contributed by atoms with Crippen LogP contribution in [0.4, 0.5) is 17.6 Å². The van der Waals surface area contributed by atoms with Crippen molar-refractivity contribution < 1.29 is 27.5 Å². The summed E-state index contributed by atoms with van der Waals surface area (Å²) in [4.78, 5) is 10.3. The van der Waals surface area contributed by atoms with E-state index in [0.717, 1.165) is 0 Å². The lowest BCUT2D eigenvalue weighted by molar-refractivity contribution is -0.233. The quantitative estimate of drug-likeness (QED) is 0.834. The summed E-state index contributed by atoms with van der Waals surface area (Å²) in [5.41, 5.74) is -3.63. The van der Waals surface area contributed by atoms with Gasteiger partial charge in [0, 0.05) is 6.42 Å². The van der Waals surface area contributed by atoms with E-state index in [4.69, 9.17) is 5.11 Å². The zero-order valence-corrected chi connectivity index (χ0v) is 8.67.